The van der Waals surface area contributed by atoms with Gasteiger partial charge < -0.3 is 4.43 Å². The Balaban J connectivity index is 2.19. The van der Waals surface area contributed by atoms with E-state index in [9.17, 15) is 0 Å². The van der Waals surface area contributed by atoms with E-state index in [2.05, 4.69) is 21.0 Å². The van der Waals surface area contributed by atoms with E-state index in [4.69, 9.17) is 0 Å². The Morgan fingerprint density at radius 2 is 2.25 bits per heavy atom. The quantitative estimate of drug-likeness (QED) is 0.397. The third-order valence-corrected chi connectivity index (χ3v) is 1.15. The van der Waals surface area contributed by atoms with Crippen LogP contribution in [0.5, 0.6) is 0 Å². The van der Waals surface area contributed by atoms with Gasteiger partial charge >= 0.3 is 10.5 Å². The van der Waals surface area contributed by atoms with Crippen molar-refractivity contribution in [3.8, 4) is 0 Å². The second-order valence-electron chi connectivity index (χ2n) is 1.77. The van der Waals surface area contributed by atoms with Crippen LogP contribution in [0.3, 0.4) is 0 Å². The highest BCUT2D eigenvalue weighted by Gasteiger charge is 2.07. The summed E-state index contributed by atoms with van der Waals surface area (Å²) in [5, 5.41) is 0. The minimum atomic E-state index is 1.27. The van der Waals surface area contributed by atoms with Crippen LogP contribution in [0.2, 0.25) is 0 Å². The molecular formula is C6H7OSi. The molecule has 41 valence electrons. The summed E-state index contributed by atoms with van der Waals surface area (Å²) in [6.45, 7) is 0. The Morgan fingerprint density at radius 1 is 1.50 bits per heavy atom. The fraction of sp³-hybridized carbons (Fsp3) is 0.333. The van der Waals surface area contributed by atoms with Crippen molar-refractivity contribution in [1.82, 2.24) is 0 Å². The molecule has 1 saturated carbocycles. The topological polar surface area (TPSA) is 9.23 Å². The van der Waals surface area contributed by atoms with Gasteiger partial charge in [0.05, 0.1) is 6.26 Å². The zero-order valence-corrected chi connectivity index (χ0v) is 5.55. The summed E-state index contributed by atoms with van der Waals surface area (Å²) in [4.78, 5) is 0. The molecule has 0 spiro atoms. The van der Waals surface area contributed by atoms with Crippen molar-refractivity contribution >= 4 is 10.5 Å². The lowest BCUT2D eigenvalue weighted by Gasteiger charge is -1.78. The van der Waals surface area contributed by atoms with Gasteiger partial charge in [0.15, 0.2) is 0 Å². The van der Waals surface area contributed by atoms with Crippen molar-refractivity contribution in [2.45, 2.75) is 12.8 Å². The maximum absolute atomic E-state index is 4.50. The summed E-state index contributed by atoms with van der Waals surface area (Å²) in [6, 6.07) is 0. The molecule has 0 N–H and O–H groups in total. The second kappa shape index (κ2) is 2.72. The van der Waals surface area contributed by atoms with Gasteiger partial charge in [-0.1, -0.05) is 11.6 Å². The van der Waals surface area contributed by atoms with Crippen molar-refractivity contribution < 1.29 is 4.43 Å². The lowest BCUT2D eigenvalue weighted by Crippen LogP contribution is -1.63. The zero-order chi connectivity index (χ0) is 5.82. The average molecular weight is 123 g/mol. The molecule has 0 aliphatic heterocycles. The van der Waals surface area contributed by atoms with E-state index in [0.29, 0.717) is 0 Å². The number of hydrogen-bond donors (Lipinski definition) is 0. The van der Waals surface area contributed by atoms with E-state index in [-0.39, 0.29) is 0 Å². The Hall–Kier alpha value is -0.503. The standard InChI is InChI=1S/C6H7OSi/c8-7-5-1-2-6-3-4-6/h1-2,5H,3-4H2. The first kappa shape index (κ1) is 5.63. The van der Waals surface area contributed by atoms with Gasteiger partial charge in [0.2, 0.25) is 0 Å². The van der Waals surface area contributed by atoms with E-state index < -0.39 is 0 Å². The molecule has 0 atom stereocenters. The molecule has 1 fully saturated rings. The summed E-state index contributed by atoms with van der Waals surface area (Å²) in [5.41, 5.74) is 1.50. The van der Waals surface area contributed by atoms with Crippen molar-refractivity contribution in [1.29, 1.82) is 0 Å². The maximum atomic E-state index is 4.50. The Morgan fingerprint density at radius 3 is 2.75 bits per heavy atom. The lowest BCUT2D eigenvalue weighted by atomic mass is 10.5. The number of rotatable bonds is 2. The minimum absolute atomic E-state index is 1.27. The van der Waals surface area contributed by atoms with E-state index in [0.717, 1.165) is 0 Å². The molecule has 3 radical (unpaired) electrons. The predicted molar refractivity (Wildman–Crippen MR) is 33.3 cm³/mol. The third-order valence-electron chi connectivity index (χ3n) is 1.02. The Labute approximate surface area is 52.6 Å². The van der Waals surface area contributed by atoms with Gasteiger partial charge in [-0.15, -0.1) is 0 Å². The molecule has 0 unspecified atom stereocenters. The summed E-state index contributed by atoms with van der Waals surface area (Å²) in [6.07, 6.45) is 8.09. The summed E-state index contributed by atoms with van der Waals surface area (Å²) in [7, 11) is 2.85. The lowest BCUT2D eigenvalue weighted by molar-refractivity contribution is 0.535. The smallest absolute Gasteiger partial charge is 0.340 e. The van der Waals surface area contributed by atoms with Gasteiger partial charge in [-0.05, 0) is 18.9 Å². The highest BCUT2D eigenvalue weighted by molar-refractivity contribution is 5.98. The summed E-state index contributed by atoms with van der Waals surface area (Å²) < 4.78 is 4.50. The molecule has 0 saturated heterocycles. The van der Waals surface area contributed by atoms with Gasteiger partial charge in [-0.25, -0.2) is 0 Å². The monoisotopic (exact) mass is 123 g/mol. The first-order valence-corrected chi connectivity index (χ1v) is 3.01. The predicted octanol–water partition coefficient (Wildman–Crippen LogP) is 1.32. The first-order chi connectivity index (χ1) is 3.93. The molecule has 0 aromatic heterocycles. The highest BCUT2D eigenvalue weighted by Crippen LogP contribution is 2.27. The normalized spacial score (nSPS) is 16.9. The number of hydrogen-bond acceptors (Lipinski definition) is 1. The minimum Gasteiger partial charge on any atom is -0.546 e. The van der Waals surface area contributed by atoms with Crippen LogP contribution in [0.15, 0.2) is 24.0 Å². The van der Waals surface area contributed by atoms with Gasteiger partial charge in [-0.2, -0.15) is 0 Å². The molecule has 0 heterocycles. The van der Waals surface area contributed by atoms with E-state index in [1.54, 1.807) is 6.26 Å². The summed E-state index contributed by atoms with van der Waals surface area (Å²) >= 11 is 0. The van der Waals surface area contributed by atoms with Crippen LogP contribution >= 0.6 is 0 Å². The van der Waals surface area contributed by atoms with Crippen LogP contribution in [0, 0.1) is 0 Å². The molecule has 1 aliphatic rings. The van der Waals surface area contributed by atoms with Gasteiger partial charge in [0.1, 0.15) is 0 Å². The van der Waals surface area contributed by atoms with Crippen molar-refractivity contribution in [3.05, 3.63) is 24.0 Å². The molecule has 1 rings (SSSR count). The van der Waals surface area contributed by atoms with Crippen LogP contribution in [-0.2, 0) is 4.43 Å². The maximum Gasteiger partial charge on any atom is 0.340 e. The SMILES string of the molecule is [Si]OC=CC=C1CC1. The molecule has 0 bridgehead atoms. The molecule has 0 aromatic carbocycles. The first-order valence-electron chi connectivity index (χ1n) is 2.60. The van der Waals surface area contributed by atoms with Gasteiger partial charge in [-0.3, -0.25) is 0 Å². The fourth-order valence-corrected chi connectivity index (χ4v) is 0.532. The zero-order valence-electron chi connectivity index (χ0n) is 4.55. The van der Waals surface area contributed by atoms with E-state index in [1.165, 1.54) is 18.4 Å². The van der Waals surface area contributed by atoms with Crippen LogP contribution in [0.25, 0.3) is 0 Å². The van der Waals surface area contributed by atoms with Crippen LogP contribution < -0.4 is 0 Å². The van der Waals surface area contributed by atoms with Crippen LogP contribution in [0.1, 0.15) is 12.8 Å². The second-order valence-corrected chi connectivity index (χ2v) is 2.01. The molecule has 8 heavy (non-hydrogen) atoms. The highest BCUT2D eigenvalue weighted by atomic mass is 28.2. The van der Waals surface area contributed by atoms with Crippen molar-refractivity contribution in [2.75, 3.05) is 0 Å². The molecule has 0 amide bonds. The molecule has 1 nitrogen and oxygen atoms in total. The Kier molecular flexibility index (Phi) is 1.91. The van der Waals surface area contributed by atoms with E-state index >= 15 is 0 Å². The molecule has 0 aromatic rings. The third kappa shape index (κ3) is 1.98. The summed E-state index contributed by atoms with van der Waals surface area (Å²) in [5.74, 6) is 0. The molecule has 1 aliphatic carbocycles. The largest absolute Gasteiger partial charge is 0.546 e. The van der Waals surface area contributed by atoms with Crippen LogP contribution in [-0.4, -0.2) is 10.5 Å². The molecule has 2 heteroatoms. The number of allylic oxidation sites excluding steroid dienone is 3. The van der Waals surface area contributed by atoms with Gasteiger partial charge in [0, 0.05) is 0 Å². The Bertz CT molecular complexity index is 120. The van der Waals surface area contributed by atoms with Crippen LogP contribution in [0.4, 0.5) is 0 Å². The van der Waals surface area contributed by atoms with Crippen molar-refractivity contribution in [2.24, 2.45) is 0 Å². The average Bonchev–Trinajstić information content (AvgIpc) is 2.51. The van der Waals surface area contributed by atoms with Crippen molar-refractivity contribution in [3.63, 3.8) is 0 Å². The van der Waals surface area contributed by atoms with E-state index in [1.807, 2.05) is 6.08 Å². The molecular weight excluding hydrogens is 116 g/mol. The fourth-order valence-electron chi connectivity index (χ4n) is 0.453. The van der Waals surface area contributed by atoms with Gasteiger partial charge in [0.25, 0.3) is 0 Å².